The summed E-state index contributed by atoms with van der Waals surface area (Å²) >= 11 is 12.0. The van der Waals surface area contributed by atoms with Crippen LogP contribution in [0.4, 0.5) is 0 Å². The number of hydrogen-bond donors (Lipinski definition) is 2. The van der Waals surface area contributed by atoms with Crippen LogP contribution in [0, 0.1) is 0 Å². The van der Waals surface area contributed by atoms with Crippen molar-refractivity contribution in [3.63, 3.8) is 0 Å². The van der Waals surface area contributed by atoms with Gasteiger partial charge in [-0.1, -0.05) is 29.3 Å². The number of ether oxygens (including phenoxy) is 1. The van der Waals surface area contributed by atoms with E-state index in [1.54, 1.807) is 18.2 Å². The Labute approximate surface area is 125 Å². The van der Waals surface area contributed by atoms with Crippen molar-refractivity contribution in [2.24, 2.45) is 0 Å². The number of phenols is 1. The molecule has 2 N–H and O–H groups in total. The first kappa shape index (κ1) is 14.5. The van der Waals surface area contributed by atoms with Crippen LogP contribution < -0.4 is 4.74 Å². The summed E-state index contributed by atoms with van der Waals surface area (Å²) in [6.45, 7) is 0.115. The lowest BCUT2D eigenvalue weighted by Gasteiger charge is -2.10. The third kappa shape index (κ3) is 3.15. The van der Waals surface area contributed by atoms with Crippen molar-refractivity contribution in [1.29, 1.82) is 0 Å². The topological polar surface area (TPSA) is 66.8 Å². The SMILES string of the molecule is O=C(O)c1ccc(OCc2c(Cl)cccc2Cl)cc1O. The first-order valence-electron chi connectivity index (χ1n) is 5.61. The van der Waals surface area contributed by atoms with Crippen LogP contribution in [0.5, 0.6) is 11.5 Å². The number of carbonyl (C=O) groups is 1. The summed E-state index contributed by atoms with van der Waals surface area (Å²) in [5.74, 6) is -1.24. The van der Waals surface area contributed by atoms with Crippen LogP contribution in [0.15, 0.2) is 36.4 Å². The van der Waals surface area contributed by atoms with E-state index in [9.17, 15) is 9.90 Å². The Morgan fingerprint density at radius 1 is 1.15 bits per heavy atom. The molecule has 2 aromatic carbocycles. The van der Waals surface area contributed by atoms with Crippen LogP contribution in [0.1, 0.15) is 15.9 Å². The predicted octanol–water partition coefficient (Wildman–Crippen LogP) is 3.98. The largest absolute Gasteiger partial charge is 0.507 e. The van der Waals surface area contributed by atoms with Crippen molar-refractivity contribution in [1.82, 2.24) is 0 Å². The molecule has 0 atom stereocenters. The van der Waals surface area contributed by atoms with Gasteiger partial charge in [0.05, 0.1) is 0 Å². The summed E-state index contributed by atoms with van der Waals surface area (Å²) < 4.78 is 5.45. The van der Waals surface area contributed by atoms with Gasteiger partial charge in [0.25, 0.3) is 0 Å². The predicted molar refractivity (Wildman–Crippen MR) is 75.9 cm³/mol. The van der Waals surface area contributed by atoms with Gasteiger partial charge < -0.3 is 14.9 Å². The van der Waals surface area contributed by atoms with Crippen molar-refractivity contribution in [2.75, 3.05) is 0 Å². The molecule has 0 unspecified atom stereocenters. The zero-order chi connectivity index (χ0) is 14.7. The van der Waals surface area contributed by atoms with Crippen molar-refractivity contribution < 1.29 is 19.7 Å². The highest BCUT2D eigenvalue weighted by Crippen LogP contribution is 2.28. The lowest BCUT2D eigenvalue weighted by Crippen LogP contribution is -2.00. The van der Waals surface area contributed by atoms with Crippen LogP contribution in [0.3, 0.4) is 0 Å². The second-order valence-electron chi connectivity index (χ2n) is 3.97. The summed E-state index contributed by atoms with van der Waals surface area (Å²) in [7, 11) is 0. The zero-order valence-electron chi connectivity index (χ0n) is 10.1. The van der Waals surface area contributed by atoms with Crippen molar-refractivity contribution >= 4 is 29.2 Å². The monoisotopic (exact) mass is 312 g/mol. The molecule has 6 heteroatoms. The summed E-state index contributed by atoms with van der Waals surface area (Å²) in [5.41, 5.74) is 0.436. The molecule has 20 heavy (non-hydrogen) atoms. The van der Waals surface area contributed by atoms with E-state index < -0.39 is 5.97 Å². The summed E-state index contributed by atoms with van der Waals surface area (Å²) in [5, 5.41) is 19.3. The molecule has 0 aliphatic rings. The Balaban J connectivity index is 2.16. The van der Waals surface area contributed by atoms with E-state index in [2.05, 4.69) is 0 Å². The third-order valence-electron chi connectivity index (χ3n) is 2.64. The standard InChI is InChI=1S/C14H10Cl2O4/c15-11-2-1-3-12(16)10(11)7-20-8-4-5-9(14(18)19)13(17)6-8/h1-6,17H,7H2,(H,18,19). The Hall–Kier alpha value is -1.91. The van der Waals surface area contributed by atoms with Crippen molar-refractivity contribution in [3.05, 3.63) is 57.6 Å². The molecule has 0 saturated carbocycles. The summed E-state index contributed by atoms with van der Waals surface area (Å²) in [6, 6.07) is 9.05. The van der Waals surface area contributed by atoms with E-state index in [1.165, 1.54) is 18.2 Å². The molecule has 0 saturated heterocycles. The molecule has 0 heterocycles. The molecule has 0 radical (unpaired) electrons. The van der Waals surface area contributed by atoms with Crippen LogP contribution in [0.25, 0.3) is 0 Å². The molecule has 2 rings (SSSR count). The Morgan fingerprint density at radius 3 is 2.35 bits per heavy atom. The Kier molecular flexibility index (Phi) is 4.37. The minimum Gasteiger partial charge on any atom is -0.507 e. The lowest BCUT2D eigenvalue weighted by molar-refractivity contribution is 0.0693. The normalized spacial score (nSPS) is 10.3. The smallest absolute Gasteiger partial charge is 0.339 e. The zero-order valence-corrected chi connectivity index (χ0v) is 11.6. The van der Waals surface area contributed by atoms with Crippen LogP contribution in [-0.2, 0) is 6.61 Å². The van der Waals surface area contributed by atoms with E-state index in [1.807, 2.05) is 0 Å². The molecular weight excluding hydrogens is 303 g/mol. The van der Waals surface area contributed by atoms with E-state index >= 15 is 0 Å². The molecule has 0 aliphatic carbocycles. The highest BCUT2D eigenvalue weighted by molar-refractivity contribution is 6.35. The van der Waals surface area contributed by atoms with E-state index in [4.69, 9.17) is 33.0 Å². The average molecular weight is 313 g/mol. The van der Waals surface area contributed by atoms with Gasteiger partial charge in [-0.25, -0.2) is 4.79 Å². The fourth-order valence-corrected chi connectivity index (χ4v) is 2.11. The van der Waals surface area contributed by atoms with Gasteiger partial charge in [0.15, 0.2) is 0 Å². The highest BCUT2D eigenvalue weighted by Gasteiger charge is 2.11. The minimum absolute atomic E-state index is 0.115. The second-order valence-corrected chi connectivity index (χ2v) is 4.79. The van der Waals surface area contributed by atoms with Gasteiger partial charge in [0.2, 0.25) is 0 Å². The van der Waals surface area contributed by atoms with Crippen LogP contribution >= 0.6 is 23.2 Å². The maximum absolute atomic E-state index is 10.8. The number of carboxylic acid groups (broad SMARTS) is 1. The molecule has 104 valence electrons. The highest BCUT2D eigenvalue weighted by atomic mass is 35.5. The Morgan fingerprint density at radius 2 is 1.80 bits per heavy atom. The number of aromatic carboxylic acids is 1. The molecule has 0 bridgehead atoms. The number of carboxylic acids is 1. The number of halogens is 2. The van der Waals surface area contributed by atoms with Crippen LogP contribution in [-0.4, -0.2) is 16.2 Å². The molecule has 0 spiro atoms. The molecule has 0 aliphatic heterocycles. The van der Waals surface area contributed by atoms with Gasteiger partial charge >= 0.3 is 5.97 Å². The number of benzene rings is 2. The first-order chi connectivity index (χ1) is 9.49. The molecular formula is C14H10Cl2O4. The van der Waals surface area contributed by atoms with E-state index in [0.29, 0.717) is 21.4 Å². The van der Waals surface area contributed by atoms with Gasteiger partial charge in [0.1, 0.15) is 23.7 Å². The fourth-order valence-electron chi connectivity index (χ4n) is 1.61. The fraction of sp³-hybridized carbons (Fsp3) is 0.0714. The van der Waals surface area contributed by atoms with Crippen LogP contribution in [0.2, 0.25) is 10.0 Å². The van der Waals surface area contributed by atoms with Gasteiger partial charge in [0, 0.05) is 21.7 Å². The quantitative estimate of drug-likeness (QED) is 0.896. The number of aromatic hydroxyl groups is 1. The van der Waals surface area contributed by atoms with E-state index in [0.717, 1.165) is 0 Å². The maximum Gasteiger partial charge on any atom is 0.339 e. The van der Waals surface area contributed by atoms with Gasteiger partial charge in [-0.2, -0.15) is 0 Å². The average Bonchev–Trinajstić information content (AvgIpc) is 2.37. The molecule has 2 aromatic rings. The lowest BCUT2D eigenvalue weighted by atomic mass is 10.2. The first-order valence-corrected chi connectivity index (χ1v) is 6.36. The Bertz CT molecular complexity index is 635. The summed E-state index contributed by atoms with van der Waals surface area (Å²) in [4.78, 5) is 10.8. The van der Waals surface area contributed by atoms with Gasteiger partial charge in [-0.05, 0) is 24.3 Å². The minimum atomic E-state index is -1.21. The number of hydrogen-bond acceptors (Lipinski definition) is 3. The van der Waals surface area contributed by atoms with Gasteiger partial charge in [-0.3, -0.25) is 0 Å². The maximum atomic E-state index is 10.8. The molecule has 0 fully saturated rings. The third-order valence-corrected chi connectivity index (χ3v) is 3.35. The number of rotatable bonds is 4. The van der Waals surface area contributed by atoms with E-state index in [-0.39, 0.29) is 17.9 Å². The molecule has 0 aromatic heterocycles. The van der Waals surface area contributed by atoms with Crippen molar-refractivity contribution in [3.8, 4) is 11.5 Å². The summed E-state index contributed by atoms with van der Waals surface area (Å²) in [6.07, 6.45) is 0. The van der Waals surface area contributed by atoms with Crippen molar-refractivity contribution in [2.45, 2.75) is 6.61 Å². The van der Waals surface area contributed by atoms with Gasteiger partial charge in [-0.15, -0.1) is 0 Å². The molecule has 0 amide bonds. The molecule has 4 nitrogen and oxygen atoms in total. The second kappa shape index (κ2) is 6.03.